The van der Waals surface area contributed by atoms with E-state index in [2.05, 4.69) is 9.47 Å². The van der Waals surface area contributed by atoms with Crippen LogP contribution in [-0.2, 0) is 9.47 Å². The van der Waals surface area contributed by atoms with Crippen molar-refractivity contribution in [1.29, 1.82) is 5.26 Å². The number of carbonyl (C=O) groups excluding carboxylic acids is 2. The van der Waals surface area contributed by atoms with Crippen LogP contribution in [0.2, 0.25) is 0 Å². The molecule has 0 aliphatic rings. The highest BCUT2D eigenvalue weighted by Gasteiger charge is 2.15. The highest BCUT2D eigenvalue weighted by atomic mass is 16.5. The predicted molar refractivity (Wildman–Crippen MR) is 64.8 cm³/mol. The van der Waals surface area contributed by atoms with Gasteiger partial charge >= 0.3 is 11.9 Å². The van der Waals surface area contributed by atoms with E-state index in [4.69, 9.17) is 10.00 Å². The molecule has 0 spiro atoms. The highest BCUT2D eigenvalue weighted by molar-refractivity contribution is 5.96. The van der Waals surface area contributed by atoms with E-state index in [1.54, 1.807) is 6.92 Å². The molecule has 1 aromatic rings. The van der Waals surface area contributed by atoms with Crippen LogP contribution in [0.1, 0.15) is 27.6 Å². The van der Waals surface area contributed by atoms with Crippen LogP contribution in [0, 0.1) is 11.3 Å². The predicted octanol–water partition coefficient (Wildman–Crippen LogP) is 1.55. The van der Waals surface area contributed by atoms with Gasteiger partial charge in [-0.05, 0) is 25.1 Å². The smallest absolute Gasteiger partial charge is 0.338 e. The molecule has 0 aliphatic carbocycles. The Morgan fingerprint density at radius 3 is 1.95 bits per heavy atom. The van der Waals surface area contributed by atoms with Gasteiger partial charge in [-0.3, -0.25) is 0 Å². The molecule has 0 aromatic heterocycles. The molecular weight excluding hydrogens is 250 g/mol. The van der Waals surface area contributed by atoms with Crippen molar-refractivity contribution in [3.63, 3.8) is 0 Å². The number of nitriles is 1. The molecule has 0 amide bonds. The van der Waals surface area contributed by atoms with Crippen LogP contribution in [0.15, 0.2) is 18.2 Å². The molecule has 0 unspecified atom stereocenters. The van der Waals surface area contributed by atoms with Crippen molar-refractivity contribution in [1.82, 2.24) is 0 Å². The molecule has 0 radical (unpaired) electrons. The average Bonchev–Trinajstić information content (AvgIpc) is 2.44. The van der Waals surface area contributed by atoms with Crippen LogP contribution in [-0.4, -0.2) is 32.3 Å². The second kappa shape index (κ2) is 6.40. The monoisotopic (exact) mass is 263 g/mol. The largest absolute Gasteiger partial charge is 0.476 e. The molecule has 1 aromatic carbocycles. The molecule has 0 N–H and O–H groups in total. The first kappa shape index (κ1) is 14.5. The molecule has 0 fully saturated rings. The Hall–Kier alpha value is -2.55. The van der Waals surface area contributed by atoms with Gasteiger partial charge in [0.25, 0.3) is 0 Å². The number of esters is 2. The van der Waals surface area contributed by atoms with Gasteiger partial charge in [-0.2, -0.15) is 5.26 Å². The Morgan fingerprint density at radius 2 is 1.58 bits per heavy atom. The zero-order valence-electron chi connectivity index (χ0n) is 10.8. The van der Waals surface area contributed by atoms with Crippen molar-refractivity contribution in [2.75, 3.05) is 14.2 Å². The quantitative estimate of drug-likeness (QED) is 0.766. The molecule has 1 atom stereocenters. The maximum Gasteiger partial charge on any atom is 0.338 e. The number of hydrogen-bond donors (Lipinski definition) is 0. The van der Waals surface area contributed by atoms with E-state index in [-0.39, 0.29) is 16.9 Å². The topological polar surface area (TPSA) is 85.6 Å². The normalized spacial score (nSPS) is 11.1. The first-order valence-corrected chi connectivity index (χ1v) is 5.39. The number of nitrogens with zero attached hydrogens (tertiary/aromatic N) is 1. The SMILES string of the molecule is COC(=O)c1cc(O[C@@H](C)C#N)cc(C(=O)OC)c1. The fraction of sp³-hybridized carbons (Fsp3) is 0.308. The Labute approximate surface area is 110 Å². The van der Waals surface area contributed by atoms with Crippen molar-refractivity contribution in [2.24, 2.45) is 0 Å². The first-order valence-electron chi connectivity index (χ1n) is 5.39. The lowest BCUT2D eigenvalue weighted by atomic mass is 10.1. The van der Waals surface area contributed by atoms with Crippen LogP contribution in [0.4, 0.5) is 0 Å². The summed E-state index contributed by atoms with van der Waals surface area (Å²) in [5, 5.41) is 8.69. The first-order chi connectivity index (χ1) is 9.01. The van der Waals surface area contributed by atoms with Gasteiger partial charge in [0, 0.05) is 0 Å². The van der Waals surface area contributed by atoms with Gasteiger partial charge in [-0.25, -0.2) is 9.59 Å². The zero-order valence-corrected chi connectivity index (χ0v) is 10.8. The van der Waals surface area contributed by atoms with Crippen molar-refractivity contribution in [3.05, 3.63) is 29.3 Å². The van der Waals surface area contributed by atoms with Gasteiger partial charge in [0.15, 0.2) is 6.10 Å². The molecule has 1 rings (SSSR count). The summed E-state index contributed by atoms with van der Waals surface area (Å²) >= 11 is 0. The molecule has 19 heavy (non-hydrogen) atoms. The summed E-state index contributed by atoms with van der Waals surface area (Å²) in [5.74, 6) is -1.00. The average molecular weight is 263 g/mol. The van der Waals surface area contributed by atoms with E-state index in [1.807, 2.05) is 6.07 Å². The minimum atomic E-state index is -0.710. The second-order valence-electron chi connectivity index (χ2n) is 3.62. The summed E-state index contributed by atoms with van der Waals surface area (Å²) in [6, 6.07) is 6.01. The number of ether oxygens (including phenoxy) is 3. The maximum absolute atomic E-state index is 11.5. The van der Waals surface area contributed by atoms with Crippen molar-refractivity contribution >= 4 is 11.9 Å². The van der Waals surface area contributed by atoms with Gasteiger partial charge in [-0.15, -0.1) is 0 Å². The summed E-state index contributed by atoms with van der Waals surface area (Å²) in [6.07, 6.45) is -0.710. The van der Waals surface area contributed by atoms with E-state index in [0.717, 1.165) is 0 Å². The molecule has 100 valence electrons. The standard InChI is InChI=1S/C13H13NO5/c1-8(7-14)19-11-5-9(12(15)17-2)4-10(6-11)13(16)18-3/h4-6,8H,1-3H3/t8-/m0/s1. The second-order valence-corrected chi connectivity index (χ2v) is 3.62. The Bertz CT molecular complexity index is 498. The number of carbonyl (C=O) groups is 2. The van der Waals surface area contributed by atoms with Gasteiger partial charge in [0.2, 0.25) is 0 Å². The highest BCUT2D eigenvalue weighted by Crippen LogP contribution is 2.20. The lowest BCUT2D eigenvalue weighted by molar-refractivity contribution is 0.0598. The van der Waals surface area contributed by atoms with Crippen molar-refractivity contribution in [3.8, 4) is 11.8 Å². The summed E-state index contributed by atoms with van der Waals surface area (Å²) in [5.41, 5.74) is 0.288. The van der Waals surface area contributed by atoms with Gasteiger partial charge in [0.1, 0.15) is 11.8 Å². The third kappa shape index (κ3) is 3.71. The number of hydrogen-bond acceptors (Lipinski definition) is 6. The van der Waals surface area contributed by atoms with Crippen LogP contribution in [0.25, 0.3) is 0 Å². The summed E-state index contributed by atoms with van der Waals surface area (Å²) in [4.78, 5) is 23.0. The van der Waals surface area contributed by atoms with Crippen molar-refractivity contribution < 1.29 is 23.8 Å². The molecule has 0 aliphatic heterocycles. The maximum atomic E-state index is 11.5. The molecule has 6 heteroatoms. The summed E-state index contributed by atoms with van der Waals surface area (Å²) < 4.78 is 14.4. The zero-order chi connectivity index (χ0) is 14.4. The number of benzene rings is 1. The Balaban J connectivity index is 3.20. The molecule has 0 heterocycles. The Kier molecular flexibility index (Phi) is 4.89. The third-order valence-corrected chi connectivity index (χ3v) is 2.24. The molecular formula is C13H13NO5. The van der Waals surface area contributed by atoms with E-state index < -0.39 is 18.0 Å². The van der Waals surface area contributed by atoms with Crippen LogP contribution in [0.3, 0.4) is 0 Å². The van der Waals surface area contributed by atoms with Gasteiger partial charge in [-0.1, -0.05) is 0 Å². The van der Waals surface area contributed by atoms with Crippen LogP contribution in [0.5, 0.6) is 5.75 Å². The third-order valence-electron chi connectivity index (χ3n) is 2.24. The van der Waals surface area contributed by atoms with E-state index in [0.29, 0.717) is 0 Å². The number of methoxy groups -OCH3 is 2. The van der Waals surface area contributed by atoms with Gasteiger partial charge < -0.3 is 14.2 Å². The van der Waals surface area contributed by atoms with E-state index in [1.165, 1.54) is 32.4 Å². The summed E-state index contributed by atoms with van der Waals surface area (Å²) in [6.45, 7) is 1.54. The molecule has 6 nitrogen and oxygen atoms in total. The molecule has 0 saturated heterocycles. The minimum Gasteiger partial charge on any atom is -0.476 e. The van der Waals surface area contributed by atoms with E-state index >= 15 is 0 Å². The minimum absolute atomic E-state index is 0.144. The van der Waals surface area contributed by atoms with Crippen LogP contribution < -0.4 is 4.74 Å². The molecule has 0 bridgehead atoms. The van der Waals surface area contributed by atoms with E-state index in [9.17, 15) is 9.59 Å². The van der Waals surface area contributed by atoms with Crippen molar-refractivity contribution in [2.45, 2.75) is 13.0 Å². The number of rotatable bonds is 4. The lowest BCUT2D eigenvalue weighted by Gasteiger charge is -2.10. The fourth-order valence-electron chi connectivity index (χ4n) is 1.37. The summed E-state index contributed by atoms with van der Waals surface area (Å²) in [7, 11) is 2.46. The van der Waals surface area contributed by atoms with Crippen LogP contribution >= 0.6 is 0 Å². The lowest BCUT2D eigenvalue weighted by Crippen LogP contribution is -2.11. The Morgan fingerprint density at radius 1 is 1.11 bits per heavy atom. The van der Waals surface area contributed by atoms with Gasteiger partial charge in [0.05, 0.1) is 25.3 Å². The fourth-order valence-corrected chi connectivity index (χ4v) is 1.37. The molecule has 0 saturated carbocycles.